The third-order valence-electron chi connectivity index (χ3n) is 5.35. The van der Waals surface area contributed by atoms with Gasteiger partial charge in [-0.15, -0.1) is 0 Å². The molecule has 2 heterocycles. The van der Waals surface area contributed by atoms with Crippen LogP contribution in [0.5, 0.6) is 17.2 Å². The number of rotatable bonds is 3. The fourth-order valence-corrected chi connectivity index (χ4v) is 3.97. The van der Waals surface area contributed by atoms with E-state index in [0.717, 1.165) is 27.8 Å². The van der Waals surface area contributed by atoms with Crippen LogP contribution in [0.2, 0.25) is 0 Å². The highest BCUT2D eigenvalue weighted by molar-refractivity contribution is 6.06. The first kappa shape index (κ1) is 18.3. The zero-order valence-corrected chi connectivity index (χ0v) is 16.2. The Morgan fingerprint density at radius 1 is 0.967 bits per heavy atom. The lowest BCUT2D eigenvalue weighted by atomic mass is 9.86. The smallest absolute Gasteiger partial charge is 0.352 e. The minimum absolute atomic E-state index is 0.146. The summed E-state index contributed by atoms with van der Waals surface area (Å²) in [5, 5.41) is 10.0. The van der Waals surface area contributed by atoms with Crippen LogP contribution in [-0.2, 0) is 16.1 Å². The molecule has 0 spiro atoms. The van der Waals surface area contributed by atoms with Crippen LogP contribution in [0.25, 0.3) is 11.1 Å². The van der Waals surface area contributed by atoms with Gasteiger partial charge in [-0.3, -0.25) is 0 Å². The van der Waals surface area contributed by atoms with Crippen molar-refractivity contribution in [3.05, 3.63) is 89.5 Å². The first-order chi connectivity index (χ1) is 14.7. The SMILES string of the molecule is O=C(OCc1ccccc1)C1Oc2ccc(O)cc2C2=C1c1ccccc1OCC2. The second-order valence-corrected chi connectivity index (χ2v) is 7.26. The van der Waals surface area contributed by atoms with Crippen molar-refractivity contribution in [1.29, 1.82) is 0 Å². The van der Waals surface area contributed by atoms with Gasteiger partial charge >= 0.3 is 5.97 Å². The summed E-state index contributed by atoms with van der Waals surface area (Å²) in [7, 11) is 0. The van der Waals surface area contributed by atoms with Crippen LogP contribution < -0.4 is 9.47 Å². The highest BCUT2D eigenvalue weighted by Gasteiger charge is 2.38. The van der Waals surface area contributed by atoms with Gasteiger partial charge in [0.25, 0.3) is 0 Å². The quantitative estimate of drug-likeness (QED) is 0.652. The van der Waals surface area contributed by atoms with Crippen molar-refractivity contribution < 1.29 is 24.1 Å². The second kappa shape index (κ2) is 7.59. The maximum Gasteiger partial charge on any atom is 0.352 e. The summed E-state index contributed by atoms with van der Waals surface area (Å²) in [5.41, 5.74) is 4.15. The van der Waals surface area contributed by atoms with Gasteiger partial charge in [-0.2, -0.15) is 0 Å². The van der Waals surface area contributed by atoms with E-state index >= 15 is 0 Å². The molecule has 3 aromatic carbocycles. The topological polar surface area (TPSA) is 65.0 Å². The van der Waals surface area contributed by atoms with E-state index < -0.39 is 12.1 Å². The lowest BCUT2D eigenvalue weighted by molar-refractivity contribution is -0.150. The van der Waals surface area contributed by atoms with E-state index in [1.54, 1.807) is 18.2 Å². The van der Waals surface area contributed by atoms with Crippen LogP contribution in [0, 0.1) is 0 Å². The predicted octanol–water partition coefficient (Wildman–Crippen LogP) is 4.59. The molecule has 0 bridgehead atoms. The first-order valence-corrected chi connectivity index (χ1v) is 9.86. The standard InChI is InChI=1S/C25H20O5/c26-17-10-11-22-20(14-17)18-12-13-28-21-9-5-4-8-19(21)23(18)24(30-22)25(27)29-15-16-6-2-1-3-7-16/h1-11,14,24,26H,12-13,15H2. The van der Waals surface area contributed by atoms with Crippen molar-refractivity contribution in [2.75, 3.05) is 6.61 Å². The van der Waals surface area contributed by atoms with Gasteiger partial charge in [0, 0.05) is 23.1 Å². The number of ether oxygens (including phenoxy) is 3. The Morgan fingerprint density at radius 3 is 2.63 bits per heavy atom. The molecule has 0 aromatic heterocycles. The average molecular weight is 400 g/mol. The van der Waals surface area contributed by atoms with Gasteiger partial charge in [0.15, 0.2) is 0 Å². The number of benzene rings is 3. The van der Waals surface area contributed by atoms with Gasteiger partial charge in [-0.25, -0.2) is 4.79 Å². The largest absolute Gasteiger partial charge is 0.508 e. The van der Waals surface area contributed by atoms with E-state index in [4.69, 9.17) is 14.2 Å². The molecule has 0 saturated heterocycles. The first-order valence-electron chi connectivity index (χ1n) is 9.86. The minimum atomic E-state index is -0.913. The van der Waals surface area contributed by atoms with Gasteiger partial charge in [-0.1, -0.05) is 48.5 Å². The Kier molecular flexibility index (Phi) is 4.64. The lowest BCUT2D eigenvalue weighted by Crippen LogP contribution is -2.33. The van der Waals surface area contributed by atoms with Crippen molar-refractivity contribution in [2.45, 2.75) is 19.1 Å². The number of carbonyl (C=O) groups is 1. The van der Waals surface area contributed by atoms with Crippen LogP contribution >= 0.6 is 0 Å². The number of esters is 1. The molecule has 1 N–H and O–H groups in total. The molecule has 0 fully saturated rings. The van der Waals surface area contributed by atoms with E-state index in [2.05, 4.69) is 0 Å². The number of aromatic hydroxyl groups is 1. The zero-order chi connectivity index (χ0) is 20.5. The van der Waals surface area contributed by atoms with Crippen LogP contribution in [-0.4, -0.2) is 23.8 Å². The maximum atomic E-state index is 13.2. The third-order valence-corrected chi connectivity index (χ3v) is 5.35. The van der Waals surface area contributed by atoms with Gasteiger partial charge < -0.3 is 19.3 Å². The fourth-order valence-electron chi connectivity index (χ4n) is 3.97. The fraction of sp³-hybridized carbons (Fsp3) is 0.160. The summed E-state index contributed by atoms with van der Waals surface area (Å²) in [5.74, 6) is 0.942. The molecule has 0 amide bonds. The van der Waals surface area contributed by atoms with Crippen LogP contribution in [0.15, 0.2) is 72.8 Å². The molecular formula is C25H20O5. The Labute approximate surface area is 174 Å². The summed E-state index contributed by atoms with van der Waals surface area (Å²) < 4.78 is 17.7. The molecule has 2 aliphatic rings. The number of phenolic OH excluding ortho intramolecular Hbond substituents is 1. The summed E-state index contributed by atoms with van der Waals surface area (Å²) in [6.07, 6.45) is -0.324. The maximum absolute atomic E-state index is 13.2. The molecule has 0 saturated carbocycles. The molecule has 150 valence electrons. The highest BCUT2D eigenvalue weighted by Crippen LogP contribution is 2.46. The van der Waals surface area contributed by atoms with E-state index in [9.17, 15) is 9.90 Å². The Bertz CT molecular complexity index is 1130. The van der Waals surface area contributed by atoms with E-state index in [-0.39, 0.29) is 12.4 Å². The molecule has 5 heteroatoms. The van der Waals surface area contributed by atoms with Crippen molar-refractivity contribution in [2.24, 2.45) is 0 Å². The highest BCUT2D eigenvalue weighted by atomic mass is 16.6. The number of fused-ring (bicyclic) bond motifs is 4. The normalized spacial score (nSPS) is 16.9. The molecule has 1 unspecified atom stereocenters. The van der Waals surface area contributed by atoms with E-state index in [1.807, 2.05) is 54.6 Å². The molecule has 5 nitrogen and oxygen atoms in total. The molecule has 2 aliphatic heterocycles. The molecule has 1 atom stereocenters. The zero-order valence-electron chi connectivity index (χ0n) is 16.2. The number of para-hydroxylation sites is 1. The van der Waals surface area contributed by atoms with Gasteiger partial charge in [-0.05, 0) is 35.4 Å². The van der Waals surface area contributed by atoms with Crippen LogP contribution in [0.4, 0.5) is 0 Å². The summed E-state index contributed by atoms with van der Waals surface area (Å²) >= 11 is 0. The lowest BCUT2D eigenvalue weighted by Gasteiger charge is -2.29. The van der Waals surface area contributed by atoms with E-state index in [1.165, 1.54) is 0 Å². The van der Waals surface area contributed by atoms with Crippen molar-refractivity contribution in [3.8, 4) is 17.2 Å². The average Bonchev–Trinajstić information content (AvgIpc) is 2.98. The Morgan fingerprint density at radius 2 is 1.77 bits per heavy atom. The molecule has 0 radical (unpaired) electrons. The molecule has 5 rings (SSSR count). The third kappa shape index (κ3) is 3.28. The van der Waals surface area contributed by atoms with Crippen LogP contribution in [0.3, 0.4) is 0 Å². The number of hydrogen-bond acceptors (Lipinski definition) is 5. The summed E-state index contributed by atoms with van der Waals surface area (Å²) in [4.78, 5) is 13.2. The minimum Gasteiger partial charge on any atom is -0.508 e. The second-order valence-electron chi connectivity index (χ2n) is 7.26. The van der Waals surface area contributed by atoms with Crippen molar-refractivity contribution in [3.63, 3.8) is 0 Å². The molecular weight excluding hydrogens is 380 g/mol. The van der Waals surface area contributed by atoms with Crippen molar-refractivity contribution in [1.82, 2.24) is 0 Å². The molecule has 30 heavy (non-hydrogen) atoms. The molecule has 0 aliphatic carbocycles. The molecule has 3 aromatic rings. The predicted molar refractivity (Wildman–Crippen MR) is 112 cm³/mol. The Hall–Kier alpha value is -3.73. The van der Waals surface area contributed by atoms with Crippen molar-refractivity contribution >= 4 is 17.1 Å². The Balaban J connectivity index is 1.57. The summed E-state index contributed by atoms with van der Waals surface area (Å²) in [6.45, 7) is 0.638. The monoisotopic (exact) mass is 400 g/mol. The van der Waals surface area contributed by atoms with E-state index in [0.29, 0.717) is 24.5 Å². The van der Waals surface area contributed by atoms with Gasteiger partial charge in [0.1, 0.15) is 23.9 Å². The number of phenols is 1. The van der Waals surface area contributed by atoms with Crippen LogP contribution in [0.1, 0.15) is 23.1 Å². The number of carbonyl (C=O) groups excluding carboxylic acids is 1. The number of hydrogen-bond donors (Lipinski definition) is 1. The van der Waals surface area contributed by atoms with Gasteiger partial charge in [0.05, 0.1) is 6.61 Å². The summed E-state index contributed by atoms with van der Waals surface area (Å²) in [6, 6.07) is 22.1. The van der Waals surface area contributed by atoms with Gasteiger partial charge in [0.2, 0.25) is 6.10 Å².